The summed E-state index contributed by atoms with van der Waals surface area (Å²) in [4.78, 5) is 7.16. The highest BCUT2D eigenvalue weighted by Gasteiger charge is 2.20. The molecule has 0 saturated carbocycles. The van der Waals surface area contributed by atoms with E-state index in [9.17, 15) is 5.11 Å². The predicted octanol–water partition coefficient (Wildman–Crippen LogP) is 3.78. The number of para-hydroxylation sites is 1. The van der Waals surface area contributed by atoms with E-state index in [1.54, 1.807) is 12.1 Å². The van der Waals surface area contributed by atoms with Gasteiger partial charge in [0.15, 0.2) is 5.96 Å². The highest BCUT2D eigenvalue weighted by Crippen LogP contribution is 2.19. The molecule has 0 amide bonds. The van der Waals surface area contributed by atoms with Gasteiger partial charge in [-0.2, -0.15) is 0 Å². The van der Waals surface area contributed by atoms with Crippen molar-refractivity contribution in [3.05, 3.63) is 60.2 Å². The zero-order valence-electron chi connectivity index (χ0n) is 16.5. The quantitative estimate of drug-likeness (QED) is 0.325. The van der Waals surface area contributed by atoms with E-state index in [2.05, 4.69) is 52.8 Å². The molecule has 3 rings (SSSR count). The Morgan fingerprint density at radius 3 is 2.54 bits per heavy atom. The van der Waals surface area contributed by atoms with Gasteiger partial charge in [-0.05, 0) is 56.0 Å². The Morgan fingerprint density at radius 2 is 1.86 bits per heavy atom. The van der Waals surface area contributed by atoms with Crippen LogP contribution in [0.2, 0.25) is 0 Å². The molecule has 2 aromatic rings. The Kier molecular flexibility index (Phi) is 9.40. The number of anilines is 1. The molecule has 5 nitrogen and oxygen atoms in total. The molecule has 152 valence electrons. The van der Waals surface area contributed by atoms with Crippen LogP contribution in [-0.2, 0) is 6.42 Å². The molecule has 0 spiro atoms. The molecule has 6 heteroatoms. The summed E-state index contributed by atoms with van der Waals surface area (Å²) in [5, 5.41) is 16.5. The monoisotopic (exact) mass is 494 g/mol. The molecule has 0 unspecified atom stereocenters. The van der Waals surface area contributed by atoms with Gasteiger partial charge in [0.05, 0.1) is 0 Å². The van der Waals surface area contributed by atoms with Gasteiger partial charge in [-0.15, -0.1) is 24.0 Å². The Morgan fingerprint density at radius 1 is 1.11 bits per heavy atom. The number of halogens is 1. The third kappa shape index (κ3) is 6.89. The molecule has 28 heavy (non-hydrogen) atoms. The zero-order valence-corrected chi connectivity index (χ0v) is 18.8. The number of aliphatic imine (C=N–C) groups is 1. The largest absolute Gasteiger partial charge is 0.508 e. The first-order chi connectivity index (χ1) is 13.2. The lowest BCUT2D eigenvalue weighted by Gasteiger charge is -2.34. The molecule has 0 aromatic heterocycles. The van der Waals surface area contributed by atoms with Crippen molar-refractivity contribution in [3.63, 3.8) is 0 Å². The molecule has 0 bridgehead atoms. The first kappa shape index (κ1) is 22.3. The van der Waals surface area contributed by atoms with E-state index in [0.717, 1.165) is 50.4 Å². The summed E-state index contributed by atoms with van der Waals surface area (Å²) in [5.41, 5.74) is 2.41. The number of hydrogen-bond donors (Lipinski definition) is 3. The van der Waals surface area contributed by atoms with Gasteiger partial charge >= 0.3 is 0 Å². The summed E-state index contributed by atoms with van der Waals surface area (Å²) in [6.45, 7) is 5.75. The summed E-state index contributed by atoms with van der Waals surface area (Å²) in [7, 11) is 0. The van der Waals surface area contributed by atoms with Gasteiger partial charge in [-0.1, -0.05) is 30.3 Å². The topological polar surface area (TPSA) is 59.9 Å². The maximum absolute atomic E-state index is 9.56. The van der Waals surface area contributed by atoms with E-state index >= 15 is 0 Å². The lowest BCUT2D eigenvalue weighted by Crippen LogP contribution is -2.48. The smallest absolute Gasteiger partial charge is 0.191 e. The van der Waals surface area contributed by atoms with Crippen molar-refractivity contribution < 1.29 is 5.11 Å². The molecule has 1 heterocycles. The standard InChI is InChI=1S/C22H30N4O.HI/c1-2-23-22(24-14-11-18-7-6-10-21(27)17-18)25-19-12-15-26(16-13-19)20-8-4-3-5-9-20;/h3-10,17,19,27H,2,11-16H2,1H3,(H2,23,24,25);1H. The van der Waals surface area contributed by atoms with Gasteiger partial charge in [0.2, 0.25) is 0 Å². The predicted molar refractivity (Wildman–Crippen MR) is 128 cm³/mol. The molecular formula is C22H31IN4O. The SMILES string of the molecule is CCNC(=NCCc1cccc(O)c1)NC1CCN(c2ccccc2)CC1.I. The van der Waals surface area contributed by atoms with Crippen molar-refractivity contribution in [1.29, 1.82) is 0 Å². The number of rotatable bonds is 6. The first-order valence-corrected chi connectivity index (χ1v) is 9.87. The fraction of sp³-hybridized carbons (Fsp3) is 0.409. The summed E-state index contributed by atoms with van der Waals surface area (Å²) in [6.07, 6.45) is 3.02. The average molecular weight is 494 g/mol. The maximum atomic E-state index is 9.56. The Hall–Kier alpha value is -1.96. The Balaban J connectivity index is 0.00000280. The molecule has 1 aliphatic rings. The van der Waals surface area contributed by atoms with Gasteiger partial charge < -0.3 is 20.6 Å². The third-order valence-electron chi connectivity index (χ3n) is 4.88. The number of nitrogens with zero attached hydrogens (tertiary/aromatic N) is 2. The number of nitrogens with one attached hydrogen (secondary N) is 2. The number of aromatic hydroxyl groups is 1. The van der Waals surface area contributed by atoms with Crippen LogP contribution in [0.15, 0.2) is 59.6 Å². The highest BCUT2D eigenvalue weighted by atomic mass is 127. The van der Waals surface area contributed by atoms with Crippen molar-refractivity contribution in [2.24, 2.45) is 4.99 Å². The minimum Gasteiger partial charge on any atom is -0.508 e. The van der Waals surface area contributed by atoms with E-state index in [1.165, 1.54) is 5.69 Å². The fourth-order valence-corrected chi connectivity index (χ4v) is 3.44. The number of phenols is 1. The lowest BCUT2D eigenvalue weighted by molar-refractivity contribution is 0.461. The average Bonchev–Trinajstić information content (AvgIpc) is 2.69. The van der Waals surface area contributed by atoms with Crippen molar-refractivity contribution in [1.82, 2.24) is 10.6 Å². The number of benzene rings is 2. The molecule has 0 radical (unpaired) electrons. The Labute approximate surface area is 185 Å². The molecule has 1 fully saturated rings. The number of guanidine groups is 1. The second-order valence-electron chi connectivity index (χ2n) is 6.92. The first-order valence-electron chi connectivity index (χ1n) is 9.87. The van der Waals surface area contributed by atoms with Crippen LogP contribution in [0.1, 0.15) is 25.3 Å². The molecule has 3 N–H and O–H groups in total. The summed E-state index contributed by atoms with van der Waals surface area (Å²) < 4.78 is 0. The molecular weight excluding hydrogens is 463 g/mol. The van der Waals surface area contributed by atoms with Gasteiger partial charge in [-0.3, -0.25) is 4.99 Å². The van der Waals surface area contributed by atoms with Crippen molar-refractivity contribution in [2.75, 3.05) is 31.1 Å². The van der Waals surface area contributed by atoms with Crippen LogP contribution in [0.3, 0.4) is 0 Å². The lowest BCUT2D eigenvalue weighted by atomic mass is 10.0. The van der Waals surface area contributed by atoms with Crippen LogP contribution in [0.25, 0.3) is 0 Å². The number of phenolic OH excluding ortho intramolecular Hbond substituents is 1. The van der Waals surface area contributed by atoms with Crippen LogP contribution in [-0.4, -0.2) is 43.3 Å². The fourth-order valence-electron chi connectivity index (χ4n) is 3.44. The third-order valence-corrected chi connectivity index (χ3v) is 4.88. The van der Waals surface area contributed by atoms with E-state index in [-0.39, 0.29) is 24.0 Å². The normalized spacial score (nSPS) is 15.0. The number of hydrogen-bond acceptors (Lipinski definition) is 3. The minimum absolute atomic E-state index is 0. The van der Waals surface area contributed by atoms with Crippen LogP contribution >= 0.6 is 24.0 Å². The molecule has 2 aromatic carbocycles. The van der Waals surface area contributed by atoms with E-state index < -0.39 is 0 Å². The van der Waals surface area contributed by atoms with Crippen LogP contribution in [0, 0.1) is 0 Å². The van der Waals surface area contributed by atoms with Crippen molar-refractivity contribution in [2.45, 2.75) is 32.2 Å². The van der Waals surface area contributed by atoms with Gasteiger partial charge in [0.1, 0.15) is 5.75 Å². The van der Waals surface area contributed by atoms with E-state index in [4.69, 9.17) is 4.99 Å². The summed E-state index contributed by atoms with van der Waals surface area (Å²) >= 11 is 0. The maximum Gasteiger partial charge on any atom is 0.191 e. The van der Waals surface area contributed by atoms with Gasteiger partial charge in [0, 0.05) is 37.9 Å². The molecule has 0 atom stereocenters. The van der Waals surface area contributed by atoms with Gasteiger partial charge in [-0.25, -0.2) is 0 Å². The molecule has 1 aliphatic heterocycles. The van der Waals surface area contributed by atoms with Crippen LogP contribution < -0.4 is 15.5 Å². The second kappa shape index (κ2) is 11.8. The molecule has 1 saturated heterocycles. The summed E-state index contributed by atoms with van der Waals surface area (Å²) in [5.74, 6) is 1.20. The Bertz CT molecular complexity index is 730. The van der Waals surface area contributed by atoms with Crippen molar-refractivity contribution >= 4 is 35.6 Å². The second-order valence-corrected chi connectivity index (χ2v) is 6.92. The molecule has 0 aliphatic carbocycles. The van der Waals surface area contributed by atoms with E-state index in [1.807, 2.05) is 12.1 Å². The highest BCUT2D eigenvalue weighted by molar-refractivity contribution is 14.0. The van der Waals surface area contributed by atoms with Crippen LogP contribution in [0.5, 0.6) is 5.75 Å². The van der Waals surface area contributed by atoms with Gasteiger partial charge in [0.25, 0.3) is 0 Å². The van der Waals surface area contributed by atoms with Crippen molar-refractivity contribution in [3.8, 4) is 5.75 Å². The minimum atomic E-state index is 0. The van der Waals surface area contributed by atoms with E-state index in [0.29, 0.717) is 18.3 Å². The zero-order chi connectivity index (χ0) is 18.9. The van der Waals surface area contributed by atoms with Crippen LogP contribution in [0.4, 0.5) is 5.69 Å². The summed E-state index contributed by atoms with van der Waals surface area (Å²) in [6, 6.07) is 18.5. The number of piperidine rings is 1.